The van der Waals surface area contributed by atoms with E-state index in [0.29, 0.717) is 6.04 Å². The number of nitrogens with one attached hydrogen (secondary N) is 1. The average Bonchev–Trinajstić information content (AvgIpc) is 2.09. The largest absolute Gasteiger partial charge is 0.317 e. The van der Waals surface area contributed by atoms with Crippen LogP contribution in [0.25, 0.3) is 0 Å². The van der Waals surface area contributed by atoms with Gasteiger partial charge in [-0.3, -0.25) is 4.90 Å². The van der Waals surface area contributed by atoms with E-state index in [2.05, 4.69) is 30.8 Å². The highest BCUT2D eigenvalue weighted by molar-refractivity contribution is 4.85. The zero-order valence-corrected chi connectivity index (χ0v) is 8.21. The van der Waals surface area contributed by atoms with Crippen LogP contribution < -0.4 is 5.32 Å². The van der Waals surface area contributed by atoms with E-state index in [0.717, 1.165) is 12.6 Å². The van der Waals surface area contributed by atoms with Crippen molar-refractivity contribution in [1.29, 1.82) is 0 Å². The first-order valence-corrected chi connectivity index (χ1v) is 4.80. The topological polar surface area (TPSA) is 15.3 Å². The number of hydrogen-bond donors (Lipinski definition) is 1. The molecule has 1 aliphatic heterocycles. The Morgan fingerprint density at radius 1 is 1.67 bits per heavy atom. The Labute approximate surface area is 75.6 Å². The second kappa shape index (κ2) is 4.63. The summed E-state index contributed by atoms with van der Waals surface area (Å²) in [6, 6.07) is 1.43. The van der Waals surface area contributed by atoms with Crippen LogP contribution >= 0.6 is 0 Å². The average molecular weight is 168 g/mol. The molecular weight excluding hydrogens is 148 g/mol. The maximum atomic E-state index is 3.77. The van der Waals surface area contributed by atoms with Crippen molar-refractivity contribution in [2.24, 2.45) is 0 Å². The van der Waals surface area contributed by atoms with Gasteiger partial charge in [-0.15, -0.1) is 6.58 Å². The van der Waals surface area contributed by atoms with Crippen molar-refractivity contribution in [2.45, 2.75) is 31.8 Å². The zero-order valence-electron chi connectivity index (χ0n) is 8.21. The summed E-state index contributed by atoms with van der Waals surface area (Å²) in [5.74, 6) is 0. The first-order valence-electron chi connectivity index (χ1n) is 4.80. The number of rotatable bonds is 3. The van der Waals surface area contributed by atoms with E-state index < -0.39 is 0 Å². The van der Waals surface area contributed by atoms with Crippen LogP contribution in [0.1, 0.15) is 19.8 Å². The standard InChI is InChI=1S/C10H20N2/c1-4-6-12-7-5-10(11-3)8-9(12)2/h4,9-11H,1,5-8H2,2-3H3. The summed E-state index contributed by atoms with van der Waals surface area (Å²) >= 11 is 0. The molecule has 0 aliphatic carbocycles. The Morgan fingerprint density at radius 3 is 2.92 bits per heavy atom. The van der Waals surface area contributed by atoms with Crippen molar-refractivity contribution in [3.63, 3.8) is 0 Å². The molecule has 0 aromatic heterocycles. The van der Waals surface area contributed by atoms with Gasteiger partial charge in [-0.2, -0.15) is 0 Å². The van der Waals surface area contributed by atoms with E-state index in [-0.39, 0.29) is 0 Å². The Morgan fingerprint density at radius 2 is 2.42 bits per heavy atom. The third-order valence-electron chi connectivity index (χ3n) is 2.79. The third-order valence-corrected chi connectivity index (χ3v) is 2.79. The van der Waals surface area contributed by atoms with Crippen LogP contribution in [0, 0.1) is 0 Å². The molecule has 0 saturated carbocycles. The van der Waals surface area contributed by atoms with Crippen molar-refractivity contribution in [1.82, 2.24) is 10.2 Å². The SMILES string of the molecule is C=CCN1CCC(NC)CC1C. The molecule has 0 bridgehead atoms. The molecule has 1 aliphatic rings. The molecule has 12 heavy (non-hydrogen) atoms. The van der Waals surface area contributed by atoms with Crippen LogP contribution in [0.15, 0.2) is 12.7 Å². The lowest BCUT2D eigenvalue weighted by atomic mass is 9.98. The molecule has 1 rings (SSSR count). The van der Waals surface area contributed by atoms with Crippen LogP contribution in [0.3, 0.4) is 0 Å². The Balaban J connectivity index is 2.36. The quantitative estimate of drug-likeness (QED) is 0.638. The molecule has 0 aromatic rings. The van der Waals surface area contributed by atoms with Gasteiger partial charge in [0.15, 0.2) is 0 Å². The lowest BCUT2D eigenvalue weighted by Crippen LogP contribution is -2.46. The molecule has 2 heteroatoms. The van der Waals surface area contributed by atoms with E-state index in [4.69, 9.17) is 0 Å². The van der Waals surface area contributed by atoms with Crippen LogP contribution in [0.4, 0.5) is 0 Å². The smallest absolute Gasteiger partial charge is 0.0163 e. The van der Waals surface area contributed by atoms with Gasteiger partial charge in [0.25, 0.3) is 0 Å². The van der Waals surface area contributed by atoms with E-state index >= 15 is 0 Å². The predicted octanol–water partition coefficient (Wildman–Crippen LogP) is 1.24. The molecule has 1 heterocycles. The first-order chi connectivity index (χ1) is 5.77. The number of hydrogen-bond acceptors (Lipinski definition) is 2. The zero-order chi connectivity index (χ0) is 8.97. The van der Waals surface area contributed by atoms with E-state index in [1.54, 1.807) is 0 Å². The summed E-state index contributed by atoms with van der Waals surface area (Å²) in [6.07, 6.45) is 4.54. The normalized spacial score (nSPS) is 31.8. The molecule has 0 aromatic carbocycles. The molecule has 2 nitrogen and oxygen atoms in total. The van der Waals surface area contributed by atoms with Crippen LogP contribution in [-0.4, -0.2) is 37.1 Å². The fourth-order valence-corrected chi connectivity index (χ4v) is 1.92. The van der Waals surface area contributed by atoms with Gasteiger partial charge in [0.1, 0.15) is 0 Å². The summed E-state index contributed by atoms with van der Waals surface area (Å²) in [5, 5.41) is 3.34. The van der Waals surface area contributed by atoms with Crippen LogP contribution in [0.2, 0.25) is 0 Å². The van der Waals surface area contributed by atoms with Crippen molar-refractivity contribution in [3.8, 4) is 0 Å². The highest BCUT2D eigenvalue weighted by Gasteiger charge is 2.22. The first kappa shape index (κ1) is 9.75. The lowest BCUT2D eigenvalue weighted by Gasteiger charge is -2.36. The Kier molecular flexibility index (Phi) is 3.76. The van der Waals surface area contributed by atoms with Gasteiger partial charge in [-0.05, 0) is 26.8 Å². The molecule has 2 atom stereocenters. The second-order valence-corrected chi connectivity index (χ2v) is 3.64. The van der Waals surface area contributed by atoms with E-state index in [9.17, 15) is 0 Å². The van der Waals surface area contributed by atoms with Gasteiger partial charge in [0.05, 0.1) is 0 Å². The Bertz CT molecular complexity index is 145. The number of piperidine rings is 1. The minimum absolute atomic E-state index is 0.703. The summed E-state index contributed by atoms with van der Waals surface area (Å²) < 4.78 is 0. The van der Waals surface area contributed by atoms with Gasteiger partial charge in [-0.25, -0.2) is 0 Å². The number of likely N-dealkylation sites (tertiary alicyclic amines) is 1. The minimum Gasteiger partial charge on any atom is -0.317 e. The molecule has 1 saturated heterocycles. The van der Waals surface area contributed by atoms with Gasteiger partial charge < -0.3 is 5.32 Å². The van der Waals surface area contributed by atoms with E-state index in [1.807, 2.05) is 6.08 Å². The van der Waals surface area contributed by atoms with Gasteiger partial charge in [0.2, 0.25) is 0 Å². The van der Waals surface area contributed by atoms with E-state index in [1.165, 1.54) is 19.4 Å². The third kappa shape index (κ3) is 2.32. The summed E-state index contributed by atoms with van der Waals surface area (Å²) in [5.41, 5.74) is 0. The summed E-state index contributed by atoms with van der Waals surface area (Å²) in [4.78, 5) is 2.49. The van der Waals surface area contributed by atoms with Gasteiger partial charge in [0, 0.05) is 25.2 Å². The second-order valence-electron chi connectivity index (χ2n) is 3.64. The highest BCUT2D eigenvalue weighted by Crippen LogP contribution is 2.16. The maximum absolute atomic E-state index is 3.77. The predicted molar refractivity (Wildman–Crippen MR) is 53.3 cm³/mol. The fraction of sp³-hybridized carbons (Fsp3) is 0.800. The lowest BCUT2D eigenvalue weighted by molar-refractivity contribution is 0.154. The highest BCUT2D eigenvalue weighted by atomic mass is 15.2. The molecular formula is C10H20N2. The Hall–Kier alpha value is -0.340. The van der Waals surface area contributed by atoms with Crippen molar-refractivity contribution >= 4 is 0 Å². The monoisotopic (exact) mass is 168 g/mol. The maximum Gasteiger partial charge on any atom is 0.0163 e. The molecule has 70 valence electrons. The van der Waals surface area contributed by atoms with Crippen LogP contribution in [0.5, 0.6) is 0 Å². The van der Waals surface area contributed by atoms with Gasteiger partial charge in [-0.1, -0.05) is 6.08 Å². The van der Waals surface area contributed by atoms with Crippen LogP contribution in [-0.2, 0) is 0 Å². The molecule has 1 fully saturated rings. The number of nitrogens with zero attached hydrogens (tertiary/aromatic N) is 1. The van der Waals surface area contributed by atoms with Crippen molar-refractivity contribution < 1.29 is 0 Å². The minimum atomic E-state index is 0.703. The summed E-state index contributed by atoms with van der Waals surface area (Å²) in [6.45, 7) is 8.32. The van der Waals surface area contributed by atoms with Crippen molar-refractivity contribution in [3.05, 3.63) is 12.7 Å². The molecule has 0 amide bonds. The summed E-state index contributed by atoms with van der Waals surface area (Å²) in [7, 11) is 2.06. The molecule has 0 spiro atoms. The fourth-order valence-electron chi connectivity index (χ4n) is 1.92. The van der Waals surface area contributed by atoms with Crippen molar-refractivity contribution in [2.75, 3.05) is 20.1 Å². The molecule has 2 unspecified atom stereocenters. The molecule has 1 N–H and O–H groups in total. The molecule has 0 radical (unpaired) electrons. The van der Waals surface area contributed by atoms with Gasteiger partial charge >= 0.3 is 0 Å².